The number of carbonyl (C=O) groups excluding carboxylic acids is 1. The van der Waals surface area contributed by atoms with Crippen LogP contribution in [0.15, 0.2) is 34.7 Å². The van der Waals surface area contributed by atoms with Crippen molar-refractivity contribution in [2.24, 2.45) is 0 Å². The third-order valence-corrected chi connectivity index (χ3v) is 4.28. The van der Waals surface area contributed by atoms with Crippen molar-refractivity contribution < 1.29 is 9.21 Å². The second kappa shape index (κ2) is 5.08. The molecule has 1 amide bonds. The molecule has 6 nitrogen and oxygen atoms in total. The predicted molar refractivity (Wildman–Crippen MR) is 85.8 cm³/mol. The monoisotopic (exact) mass is 308 g/mol. The lowest BCUT2D eigenvalue weighted by Gasteiger charge is -2.27. The summed E-state index contributed by atoms with van der Waals surface area (Å²) in [6.07, 6.45) is 0.674. The Bertz CT molecular complexity index is 916. The molecule has 1 aromatic carbocycles. The molecular weight excluding hydrogens is 292 g/mol. The molecule has 1 aliphatic rings. The van der Waals surface area contributed by atoms with E-state index in [1.54, 1.807) is 11.0 Å². The number of hydrogen-bond donors (Lipinski definition) is 1. The molecule has 0 unspecified atom stereocenters. The van der Waals surface area contributed by atoms with Gasteiger partial charge in [-0.25, -0.2) is 0 Å². The minimum atomic E-state index is -0.0975. The number of carbonyl (C=O) groups is 1. The first-order valence-electron chi connectivity index (χ1n) is 7.52. The number of nitrogen functional groups attached to an aromatic ring is 1. The van der Waals surface area contributed by atoms with E-state index in [2.05, 4.69) is 10.2 Å². The fraction of sp³-hybridized carbons (Fsp3) is 0.235. The van der Waals surface area contributed by atoms with Gasteiger partial charge in [0.05, 0.1) is 5.69 Å². The highest BCUT2D eigenvalue weighted by atomic mass is 16.3. The molecule has 4 rings (SSSR count). The predicted octanol–water partition coefficient (Wildman–Crippen LogP) is 2.31. The summed E-state index contributed by atoms with van der Waals surface area (Å²) in [6.45, 7) is 2.99. The molecule has 0 saturated carbocycles. The Morgan fingerprint density at radius 2 is 2.13 bits per heavy atom. The van der Waals surface area contributed by atoms with Gasteiger partial charge >= 0.3 is 0 Å². The smallest absolute Gasteiger partial charge is 0.290 e. The molecule has 0 spiro atoms. The minimum Gasteiger partial charge on any atom is -0.451 e. The van der Waals surface area contributed by atoms with Crippen LogP contribution in [-0.2, 0) is 13.0 Å². The first kappa shape index (κ1) is 13.8. The molecule has 23 heavy (non-hydrogen) atoms. The fourth-order valence-corrected chi connectivity index (χ4v) is 3.04. The van der Waals surface area contributed by atoms with E-state index >= 15 is 0 Å². The molecule has 116 valence electrons. The molecule has 0 radical (unpaired) electrons. The normalized spacial score (nSPS) is 14.0. The molecule has 0 atom stereocenters. The van der Waals surface area contributed by atoms with Crippen molar-refractivity contribution in [2.75, 3.05) is 12.3 Å². The van der Waals surface area contributed by atoms with Crippen LogP contribution in [0, 0.1) is 6.92 Å². The highest BCUT2D eigenvalue weighted by molar-refractivity contribution is 5.99. The van der Waals surface area contributed by atoms with Crippen LogP contribution in [0.2, 0.25) is 0 Å². The zero-order valence-electron chi connectivity index (χ0n) is 12.7. The first-order chi connectivity index (χ1) is 11.1. The Morgan fingerprint density at radius 1 is 1.30 bits per heavy atom. The summed E-state index contributed by atoms with van der Waals surface area (Å²) in [5, 5.41) is 8.95. The topological polar surface area (TPSA) is 85.2 Å². The van der Waals surface area contributed by atoms with Gasteiger partial charge in [0.15, 0.2) is 5.76 Å². The maximum absolute atomic E-state index is 12.8. The van der Waals surface area contributed by atoms with Crippen LogP contribution in [0.1, 0.15) is 27.4 Å². The van der Waals surface area contributed by atoms with Crippen LogP contribution < -0.4 is 5.73 Å². The van der Waals surface area contributed by atoms with Gasteiger partial charge in [0.1, 0.15) is 11.4 Å². The summed E-state index contributed by atoms with van der Waals surface area (Å²) >= 11 is 0. The van der Waals surface area contributed by atoms with Crippen molar-refractivity contribution in [3.8, 4) is 0 Å². The second-order valence-electron chi connectivity index (χ2n) is 5.77. The van der Waals surface area contributed by atoms with E-state index in [-0.39, 0.29) is 5.91 Å². The van der Waals surface area contributed by atoms with Crippen molar-refractivity contribution in [3.63, 3.8) is 0 Å². The van der Waals surface area contributed by atoms with Crippen molar-refractivity contribution in [1.82, 2.24) is 15.1 Å². The fourth-order valence-electron chi connectivity index (χ4n) is 3.04. The number of amides is 1. The van der Waals surface area contributed by atoms with Crippen LogP contribution in [0.25, 0.3) is 11.0 Å². The molecule has 1 aliphatic heterocycles. The highest BCUT2D eigenvalue weighted by Crippen LogP contribution is 2.27. The Balaban J connectivity index is 1.68. The van der Waals surface area contributed by atoms with Crippen molar-refractivity contribution in [2.45, 2.75) is 19.9 Å². The van der Waals surface area contributed by atoms with E-state index < -0.39 is 0 Å². The lowest BCUT2D eigenvalue weighted by atomic mass is 10.1. The number of rotatable bonds is 1. The van der Waals surface area contributed by atoms with Crippen molar-refractivity contribution in [1.29, 1.82) is 0 Å². The van der Waals surface area contributed by atoms with Gasteiger partial charge in [-0.1, -0.05) is 18.2 Å². The lowest BCUT2D eigenvalue weighted by molar-refractivity contribution is 0.0702. The molecule has 3 heterocycles. The van der Waals surface area contributed by atoms with Gasteiger partial charge in [-0.3, -0.25) is 4.79 Å². The van der Waals surface area contributed by atoms with Crippen LogP contribution >= 0.6 is 0 Å². The van der Waals surface area contributed by atoms with Gasteiger partial charge in [0, 0.05) is 30.5 Å². The lowest BCUT2D eigenvalue weighted by Crippen LogP contribution is -2.36. The zero-order valence-corrected chi connectivity index (χ0v) is 12.7. The average Bonchev–Trinajstić information content (AvgIpc) is 2.91. The molecule has 2 aromatic heterocycles. The number of benzene rings is 1. The highest BCUT2D eigenvalue weighted by Gasteiger charge is 2.27. The number of anilines is 1. The second-order valence-corrected chi connectivity index (χ2v) is 5.77. The average molecular weight is 308 g/mol. The number of aryl methyl sites for hydroxylation is 1. The van der Waals surface area contributed by atoms with Gasteiger partial charge in [-0.05, 0) is 24.6 Å². The van der Waals surface area contributed by atoms with E-state index in [0.717, 1.165) is 27.8 Å². The summed E-state index contributed by atoms with van der Waals surface area (Å²) in [4.78, 5) is 14.6. The number of nitrogens with zero attached hydrogens (tertiary/aromatic N) is 3. The number of furan rings is 1. The standard InChI is InChI=1S/C17H16N4O2/c1-10-12-4-2-3-5-14(12)23-16(10)17(22)21-7-6-13-11(9-21)8-15(18)20-19-13/h2-5,8H,6-7,9H2,1H3,(H2,18,20). The Morgan fingerprint density at radius 3 is 2.96 bits per heavy atom. The number of nitrogens with two attached hydrogens (primary N) is 1. The number of fused-ring (bicyclic) bond motifs is 2. The van der Waals surface area contributed by atoms with E-state index in [0.29, 0.717) is 31.1 Å². The molecule has 0 bridgehead atoms. The maximum Gasteiger partial charge on any atom is 0.290 e. The van der Waals surface area contributed by atoms with Crippen LogP contribution in [0.3, 0.4) is 0 Å². The molecular formula is C17H16N4O2. The molecule has 3 aromatic rings. The quantitative estimate of drug-likeness (QED) is 0.745. The van der Waals surface area contributed by atoms with Crippen molar-refractivity contribution >= 4 is 22.7 Å². The van der Waals surface area contributed by atoms with Crippen LogP contribution in [-0.4, -0.2) is 27.5 Å². The van der Waals surface area contributed by atoms with Crippen LogP contribution in [0.5, 0.6) is 0 Å². The van der Waals surface area contributed by atoms with E-state index in [4.69, 9.17) is 10.2 Å². The SMILES string of the molecule is Cc1c(C(=O)N2CCc3nnc(N)cc3C2)oc2ccccc12. The summed E-state index contributed by atoms with van der Waals surface area (Å²) in [7, 11) is 0. The minimum absolute atomic E-state index is 0.0975. The van der Waals surface area contributed by atoms with E-state index in [1.165, 1.54) is 0 Å². The van der Waals surface area contributed by atoms with Crippen LogP contribution in [0.4, 0.5) is 5.82 Å². The third-order valence-electron chi connectivity index (χ3n) is 4.28. The summed E-state index contributed by atoms with van der Waals surface area (Å²) in [5.74, 6) is 0.683. The summed E-state index contributed by atoms with van der Waals surface area (Å²) in [5.41, 5.74) is 9.17. The van der Waals surface area contributed by atoms with Gasteiger partial charge in [-0.15, -0.1) is 5.10 Å². The Hall–Kier alpha value is -2.89. The van der Waals surface area contributed by atoms with Gasteiger partial charge in [-0.2, -0.15) is 5.10 Å². The van der Waals surface area contributed by atoms with Crippen molar-refractivity contribution in [3.05, 3.63) is 52.9 Å². The molecule has 2 N–H and O–H groups in total. The molecule has 0 saturated heterocycles. The third kappa shape index (κ3) is 2.23. The van der Waals surface area contributed by atoms with E-state index in [9.17, 15) is 4.79 Å². The van der Waals surface area contributed by atoms with Gasteiger partial charge in [0.2, 0.25) is 0 Å². The molecule has 0 fully saturated rings. The largest absolute Gasteiger partial charge is 0.451 e. The molecule has 0 aliphatic carbocycles. The maximum atomic E-state index is 12.8. The Kier molecular flexibility index (Phi) is 3.04. The number of para-hydroxylation sites is 1. The van der Waals surface area contributed by atoms with Gasteiger partial charge < -0.3 is 15.1 Å². The van der Waals surface area contributed by atoms with E-state index in [1.807, 2.05) is 31.2 Å². The number of aromatic nitrogens is 2. The summed E-state index contributed by atoms with van der Waals surface area (Å²) in [6, 6.07) is 9.47. The molecule has 6 heteroatoms. The van der Waals surface area contributed by atoms with Gasteiger partial charge in [0.25, 0.3) is 5.91 Å². The summed E-state index contributed by atoms with van der Waals surface area (Å²) < 4.78 is 5.78. The number of hydrogen-bond acceptors (Lipinski definition) is 5. The zero-order chi connectivity index (χ0) is 16.0. The Labute approximate surface area is 132 Å². The first-order valence-corrected chi connectivity index (χ1v) is 7.52.